The van der Waals surface area contributed by atoms with Crippen molar-refractivity contribution in [2.45, 2.75) is 0 Å². The molecule has 0 unspecified atom stereocenters. The fraction of sp³-hybridized carbons (Fsp3) is 0. The summed E-state index contributed by atoms with van der Waals surface area (Å²) in [4.78, 5) is 25.8. The SMILES string of the molecule is O=C(N/N=C\c1ccc(Cl)c([N+](=O)[O-])c1)c1cncc(Br)c1. The van der Waals surface area contributed by atoms with Crippen LogP contribution in [-0.4, -0.2) is 22.0 Å². The van der Waals surface area contributed by atoms with Crippen LogP contribution in [0.5, 0.6) is 0 Å². The predicted octanol–water partition coefficient (Wildman–Crippen LogP) is 3.17. The Balaban J connectivity index is 2.08. The van der Waals surface area contributed by atoms with Gasteiger partial charge in [0.1, 0.15) is 5.02 Å². The number of rotatable bonds is 4. The van der Waals surface area contributed by atoms with Crippen molar-refractivity contribution in [1.82, 2.24) is 10.4 Å². The van der Waals surface area contributed by atoms with Crippen LogP contribution < -0.4 is 5.43 Å². The third-order valence-corrected chi connectivity index (χ3v) is 3.27. The summed E-state index contributed by atoms with van der Waals surface area (Å²) in [5.41, 5.74) is 2.84. The summed E-state index contributed by atoms with van der Waals surface area (Å²) in [5.74, 6) is -0.450. The van der Waals surface area contributed by atoms with E-state index in [4.69, 9.17) is 11.6 Å². The lowest BCUT2D eigenvalue weighted by Gasteiger charge is -2.00. The van der Waals surface area contributed by atoms with Crippen LogP contribution in [0.15, 0.2) is 46.2 Å². The summed E-state index contributed by atoms with van der Waals surface area (Å²) in [6.45, 7) is 0. The zero-order valence-corrected chi connectivity index (χ0v) is 13.2. The van der Waals surface area contributed by atoms with E-state index in [1.165, 1.54) is 24.5 Å². The Hall–Kier alpha value is -2.32. The molecular formula is C13H8BrClN4O3. The highest BCUT2D eigenvalue weighted by Crippen LogP contribution is 2.24. The molecule has 2 aromatic rings. The van der Waals surface area contributed by atoms with Gasteiger partial charge in [-0.3, -0.25) is 19.9 Å². The Kier molecular flexibility index (Phi) is 5.18. The molecule has 0 radical (unpaired) electrons. The molecule has 0 bridgehead atoms. The second-order valence-electron chi connectivity index (χ2n) is 4.06. The van der Waals surface area contributed by atoms with Crippen molar-refractivity contribution in [2.75, 3.05) is 0 Å². The number of nitro benzene ring substituents is 1. The van der Waals surface area contributed by atoms with Gasteiger partial charge in [-0.1, -0.05) is 17.7 Å². The molecule has 0 aliphatic heterocycles. The van der Waals surface area contributed by atoms with Crippen LogP contribution in [0.3, 0.4) is 0 Å². The molecule has 0 fully saturated rings. The summed E-state index contributed by atoms with van der Waals surface area (Å²) in [5, 5.41) is 14.5. The Morgan fingerprint density at radius 2 is 2.18 bits per heavy atom. The van der Waals surface area contributed by atoms with Gasteiger partial charge in [-0.05, 0) is 28.1 Å². The van der Waals surface area contributed by atoms with Gasteiger partial charge in [0.2, 0.25) is 0 Å². The van der Waals surface area contributed by atoms with Crippen molar-refractivity contribution in [3.63, 3.8) is 0 Å². The van der Waals surface area contributed by atoms with Crippen molar-refractivity contribution in [2.24, 2.45) is 5.10 Å². The average molecular weight is 384 g/mol. The largest absolute Gasteiger partial charge is 0.288 e. The standard InChI is InChI=1S/C13H8BrClN4O3/c14-10-4-9(6-16-7-10)13(20)18-17-5-8-1-2-11(15)12(3-8)19(21)22/h1-7H,(H,18,20)/b17-5-. The molecule has 112 valence electrons. The van der Waals surface area contributed by atoms with Crippen LogP contribution in [0.1, 0.15) is 15.9 Å². The highest BCUT2D eigenvalue weighted by atomic mass is 79.9. The number of hydrogen-bond donors (Lipinski definition) is 1. The summed E-state index contributed by atoms with van der Waals surface area (Å²) in [7, 11) is 0. The van der Waals surface area contributed by atoms with E-state index in [2.05, 4.69) is 31.4 Å². The number of carbonyl (C=O) groups is 1. The van der Waals surface area contributed by atoms with Crippen LogP contribution in [-0.2, 0) is 0 Å². The van der Waals surface area contributed by atoms with E-state index in [9.17, 15) is 14.9 Å². The minimum absolute atomic E-state index is 0.0337. The molecule has 1 aromatic carbocycles. The first-order valence-electron chi connectivity index (χ1n) is 5.85. The molecule has 1 heterocycles. The van der Waals surface area contributed by atoms with Crippen LogP contribution in [0.25, 0.3) is 0 Å². The molecule has 9 heteroatoms. The first kappa shape index (κ1) is 16.1. The fourth-order valence-electron chi connectivity index (χ4n) is 1.52. The molecule has 1 aromatic heterocycles. The molecule has 22 heavy (non-hydrogen) atoms. The molecule has 0 atom stereocenters. The van der Waals surface area contributed by atoms with Gasteiger partial charge in [0.25, 0.3) is 11.6 Å². The van der Waals surface area contributed by atoms with E-state index >= 15 is 0 Å². The second kappa shape index (κ2) is 7.10. The van der Waals surface area contributed by atoms with Gasteiger partial charge in [0, 0.05) is 28.5 Å². The van der Waals surface area contributed by atoms with Crippen molar-refractivity contribution in [3.05, 3.63) is 67.4 Å². The monoisotopic (exact) mass is 382 g/mol. The van der Waals surface area contributed by atoms with Crippen LogP contribution >= 0.6 is 27.5 Å². The topological polar surface area (TPSA) is 97.5 Å². The van der Waals surface area contributed by atoms with Gasteiger partial charge < -0.3 is 0 Å². The molecule has 1 amide bonds. The van der Waals surface area contributed by atoms with Crippen molar-refractivity contribution in [1.29, 1.82) is 0 Å². The van der Waals surface area contributed by atoms with E-state index in [0.29, 0.717) is 15.6 Å². The van der Waals surface area contributed by atoms with Gasteiger partial charge in [0.15, 0.2) is 0 Å². The number of carbonyl (C=O) groups excluding carboxylic acids is 1. The summed E-state index contributed by atoms with van der Waals surface area (Å²) < 4.78 is 0.664. The van der Waals surface area contributed by atoms with Crippen molar-refractivity contribution < 1.29 is 9.72 Å². The maximum Gasteiger partial charge on any atom is 0.288 e. The number of hydrogen-bond acceptors (Lipinski definition) is 5. The maximum absolute atomic E-state index is 11.8. The van der Waals surface area contributed by atoms with Gasteiger partial charge in [-0.2, -0.15) is 5.10 Å². The summed E-state index contributed by atoms with van der Waals surface area (Å²) >= 11 is 8.91. The molecule has 0 saturated heterocycles. The highest BCUT2D eigenvalue weighted by Gasteiger charge is 2.12. The highest BCUT2D eigenvalue weighted by molar-refractivity contribution is 9.10. The van der Waals surface area contributed by atoms with Gasteiger partial charge in [-0.25, -0.2) is 5.43 Å². The quantitative estimate of drug-likeness (QED) is 0.498. The van der Waals surface area contributed by atoms with Gasteiger partial charge >= 0.3 is 0 Å². The minimum Gasteiger partial charge on any atom is -0.267 e. The Morgan fingerprint density at radius 3 is 2.86 bits per heavy atom. The number of aromatic nitrogens is 1. The lowest BCUT2D eigenvalue weighted by Crippen LogP contribution is -2.17. The number of nitro groups is 1. The third kappa shape index (κ3) is 4.09. The number of benzene rings is 1. The number of amides is 1. The zero-order valence-electron chi connectivity index (χ0n) is 10.9. The summed E-state index contributed by atoms with van der Waals surface area (Å²) in [6, 6.07) is 5.79. The van der Waals surface area contributed by atoms with E-state index in [-0.39, 0.29) is 10.7 Å². The molecule has 2 rings (SSSR count). The van der Waals surface area contributed by atoms with E-state index in [1.807, 2.05) is 0 Å². The smallest absolute Gasteiger partial charge is 0.267 e. The molecule has 0 saturated carbocycles. The van der Waals surface area contributed by atoms with Crippen LogP contribution in [0, 0.1) is 10.1 Å². The van der Waals surface area contributed by atoms with E-state index in [1.54, 1.807) is 18.3 Å². The molecule has 0 aliphatic carbocycles. The fourth-order valence-corrected chi connectivity index (χ4v) is 2.07. The summed E-state index contributed by atoms with van der Waals surface area (Å²) in [6.07, 6.45) is 4.22. The van der Waals surface area contributed by atoms with Gasteiger partial charge in [0.05, 0.1) is 16.7 Å². The number of nitrogens with one attached hydrogen (secondary N) is 1. The number of pyridine rings is 1. The van der Waals surface area contributed by atoms with Crippen molar-refractivity contribution >= 4 is 45.3 Å². The Morgan fingerprint density at radius 1 is 1.41 bits per heavy atom. The zero-order chi connectivity index (χ0) is 16.1. The molecular weight excluding hydrogens is 376 g/mol. The predicted molar refractivity (Wildman–Crippen MR) is 85.1 cm³/mol. The first-order valence-corrected chi connectivity index (χ1v) is 7.02. The molecule has 1 N–H and O–H groups in total. The van der Waals surface area contributed by atoms with Crippen molar-refractivity contribution in [3.8, 4) is 0 Å². The van der Waals surface area contributed by atoms with Crippen LogP contribution in [0.2, 0.25) is 5.02 Å². The van der Waals surface area contributed by atoms with Crippen LogP contribution in [0.4, 0.5) is 5.69 Å². The average Bonchev–Trinajstić information content (AvgIpc) is 2.48. The number of hydrazone groups is 1. The first-order chi connectivity index (χ1) is 10.5. The Bertz CT molecular complexity index is 767. The number of nitrogens with zero attached hydrogens (tertiary/aromatic N) is 3. The lowest BCUT2D eigenvalue weighted by atomic mass is 10.2. The Labute approximate surface area is 138 Å². The molecule has 0 spiro atoms. The number of halogens is 2. The van der Waals surface area contributed by atoms with E-state index < -0.39 is 10.8 Å². The maximum atomic E-state index is 11.8. The minimum atomic E-state index is -0.592. The lowest BCUT2D eigenvalue weighted by molar-refractivity contribution is -0.384. The molecule has 7 nitrogen and oxygen atoms in total. The molecule has 0 aliphatic rings. The second-order valence-corrected chi connectivity index (χ2v) is 5.38. The third-order valence-electron chi connectivity index (χ3n) is 2.51. The van der Waals surface area contributed by atoms with E-state index in [0.717, 1.165) is 0 Å². The van der Waals surface area contributed by atoms with Gasteiger partial charge in [-0.15, -0.1) is 0 Å². The normalized spacial score (nSPS) is 10.6.